The van der Waals surface area contributed by atoms with Gasteiger partial charge in [-0.25, -0.2) is 0 Å². The van der Waals surface area contributed by atoms with Crippen LogP contribution in [0.25, 0.3) is 0 Å². The van der Waals surface area contributed by atoms with Gasteiger partial charge in [0.1, 0.15) is 0 Å². The summed E-state index contributed by atoms with van der Waals surface area (Å²) in [6, 6.07) is 9.78. The average molecular weight is 363 g/mol. The van der Waals surface area contributed by atoms with Gasteiger partial charge >= 0.3 is 0 Å². The maximum atomic E-state index is 12.7. The summed E-state index contributed by atoms with van der Waals surface area (Å²) in [5, 5.41) is 0. The summed E-state index contributed by atoms with van der Waals surface area (Å²) in [7, 11) is 0. The van der Waals surface area contributed by atoms with Gasteiger partial charge in [-0.2, -0.15) is 0 Å². The third kappa shape index (κ3) is 4.08. The Hall–Kier alpha value is -2.53. The van der Waals surface area contributed by atoms with Crippen molar-refractivity contribution in [3.8, 4) is 0 Å². The Morgan fingerprint density at radius 2 is 1.70 bits per heavy atom. The Kier molecular flexibility index (Phi) is 5.30. The van der Waals surface area contributed by atoms with Gasteiger partial charge in [0.25, 0.3) is 5.91 Å². The van der Waals surface area contributed by atoms with E-state index in [1.54, 1.807) is 24.5 Å². The lowest BCUT2D eigenvalue weighted by Gasteiger charge is -2.34. The summed E-state index contributed by atoms with van der Waals surface area (Å²) in [4.78, 5) is 33.2. The molecule has 1 aliphatic heterocycles. The van der Waals surface area contributed by atoms with Gasteiger partial charge in [0.05, 0.1) is 12.1 Å². The summed E-state index contributed by atoms with van der Waals surface area (Å²) in [5.74, 6) is 0.194. The van der Waals surface area contributed by atoms with Crippen molar-refractivity contribution in [3.63, 3.8) is 0 Å². The largest absolute Gasteiger partial charge is 0.336 e. The molecule has 2 aliphatic rings. The predicted octanol–water partition coefficient (Wildman–Crippen LogP) is 2.60. The summed E-state index contributed by atoms with van der Waals surface area (Å²) < 4.78 is 0. The number of ketones is 1. The van der Waals surface area contributed by atoms with Crippen LogP contribution < -0.4 is 0 Å². The van der Waals surface area contributed by atoms with Crippen molar-refractivity contribution in [2.24, 2.45) is 0 Å². The van der Waals surface area contributed by atoms with Crippen LogP contribution in [0.5, 0.6) is 0 Å². The molecule has 0 radical (unpaired) electrons. The quantitative estimate of drug-likeness (QED) is 0.784. The lowest BCUT2D eigenvalue weighted by Crippen LogP contribution is -2.49. The molecule has 0 unspecified atom stereocenters. The number of carbonyl (C=O) groups is 2. The number of pyridine rings is 1. The van der Waals surface area contributed by atoms with E-state index in [-0.39, 0.29) is 11.7 Å². The second-order valence-electron chi connectivity index (χ2n) is 7.42. The van der Waals surface area contributed by atoms with E-state index in [2.05, 4.69) is 22.0 Å². The molecule has 1 amide bonds. The molecule has 140 valence electrons. The molecule has 1 aromatic heterocycles. The van der Waals surface area contributed by atoms with Crippen LogP contribution in [0.2, 0.25) is 0 Å². The second-order valence-corrected chi connectivity index (χ2v) is 7.42. The third-order valence-corrected chi connectivity index (χ3v) is 5.61. The molecule has 4 rings (SSSR count). The number of Topliss-reactive ketones (excluding diaryl/α,β-unsaturated/α-hetero) is 1. The Balaban J connectivity index is 1.32. The molecule has 1 fully saturated rings. The summed E-state index contributed by atoms with van der Waals surface area (Å²) in [6.07, 6.45) is 7.97. The van der Waals surface area contributed by atoms with Crippen LogP contribution in [0.4, 0.5) is 0 Å². The van der Waals surface area contributed by atoms with E-state index in [0.29, 0.717) is 25.2 Å². The lowest BCUT2D eigenvalue weighted by atomic mass is 9.90. The molecule has 1 aliphatic carbocycles. The van der Waals surface area contributed by atoms with Gasteiger partial charge in [-0.05, 0) is 55.0 Å². The van der Waals surface area contributed by atoms with Crippen LogP contribution in [-0.2, 0) is 12.8 Å². The van der Waals surface area contributed by atoms with Crippen LogP contribution >= 0.6 is 0 Å². The summed E-state index contributed by atoms with van der Waals surface area (Å²) in [5.41, 5.74) is 4.19. The molecule has 0 bridgehead atoms. The Morgan fingerprint density at radius 1 is 0.926 bits per heavy atom. The molecule has 5 heteroatoms. The standard InChI is InChI=1S/C22H25N3O2/c26-21(19-8-7-17-4-1-2-5-18(17)14-19)16-24-10-12-25(13-11-24)22(27)20-6-3-9-23-15-20/h3,6-9,14-15H,1-2,4-5,10-13,16H2. The molecular formula is C22H25N3O2. The van der Waals surface area contributed by atoms with Crippen molar-refractivity contribution in [1.82, 2.24) is 14.8 Å². The van der Waals surface area contributed by atoms with Crippen molar-refractivity contribution in [2.45, 2.75) is 25.7 Å². The molecule has 27 heavy (non-hydrogen) atoms. The fourth-order valence-corrected chi connectivity index (χ4v) is 3.98. The molecule has 0 saturated carbocycles. The first-order valence-electron chi connectivity index (χ1n) is 9.77. The fourth-order valence-electron chi connectivity index (χ4n) is 3.98. The Bertz CT molecular complexity index is 827. The molecule has 0 spiro atoms. The van der Waals surface area contributed by atoms with Crippen LogP contribution in [0, 0.1) is 0 Å². The van der Waals surface area contributed by atoms with Crippen molar-refractivity contribution < 1.29 is 9.59 Å². The number of nitrogens with zero attached hydrogens (tertiary/aromatic N) is 3. The fraction of sp³-hybridized carbons (Fsp3) is 0.409. The number of hydrogen-bond acceptors (Lipinski definition) is 4. The SMILES string of the molecule is O=C(CN1CCN(C(=O)c2cccnc2)CC1)c1ccc2c(c1)CCCC2. The minimum absolute atomic E-state index is 0.0174. The van der Waals surface area contributed by atoms with Crippen molar-refractivity contribution in [2.75, 3.05) is 32.7 Å². The maximum absolute atomic E-state index is 12.7. The first kappa shape index (κ1) is 17.9. The smallest absolute Gasteiger partial charge is 0.255 e. The zero-order valence-corrected chi connectivity index (χ0v) is 15.6. The van der Waals surface area contributed by atoms with Crippen LogP contribution in [0.1, 0.15) is 44.7 Å². The third-order valence-electron chi connectivity index (χ3n) is 5.61. The Labute approximate surface area is 160 Å². The monoisotopic (exact) mass is 363 g/mol. The van der Waals surface area contributed by atoms with Gasteiger partial charge in [0.15, 0.2) is 5.78 Å². The van der Waals surface area contributed by atoms with E-state index in [4.69, 9.17) is 0 Å². The highest BCUT2D eigenvalue weighted by Crippen LogP contribution is 2.22. The van der Waals surface area contributed by atoms with Crippen LogP contribution in [0.3, 0.4) is 0 Å². The number of carbonyl (C=O) groups excluding carboxylic acids is 2. The number of rotatable bonds is 4. The molecule has 2 aromatic rings. The van der Waals surface area contributed by atoms with Gasteiger partial charge < -0.3 is 4.90 Å². The average Bonchev–Trinajstić information content (AvgIpc) is 2.74. The predicted molar refractivity (Wildman–Crippen MR) is 104 cm³/mol. The van der Waals surface area contributed by atoms with Crippen LogP contribution in [0.15, 0.2) is 42.7 Å². The molecule has 2 heterocycles. The van der Waals surface area contributed by atoms with Gasteiger partial charge in [-0.1, -0.05) is 12.1 Å². The minimum atomic E-state index is 0.0174. The zero-order valence-electron chi connectivity index (χ0n) is 15.6. The number of aryl methyl sites for hydroxylation is 2. The van der Waals surface area contributed by atoms with Crippen LogP contribution in [-0.4, -0.2) is 59.2 Å². The first-order valence-corrected chi connectivity index (χ1v) is 9.77. The van der Waals surface area contributed by atoms with Gasteiger partial charge in [-0.3, -0.25) is 19.5 Å². The van der Waals surface area contributed by atoms with Crippen molar-refractivity contribution in [3.05, 3.63) is 65.0 Å². The lowest BCUT2D eigenvalue weighted by molar-refractivity contribution is 0.0624. The van der Waals surface area contributed by atoms with E-state index >= 15 is 0 Å². The molecular weight excluding hydrogens is 338 g/mol. The molecule has 1 saturated heterocycles. The highest BCUT2D eigenvalue weighted by Gasteiger charge is 2.24. The summed E-state index contributed by atoms with van der Waals surface area (Å²) in [6.45, 7) is 3.16. The molecule has 1 aromatic carbocycles. The number of piperazine rings is 1. The summed E-state index contributed by atoms with van der Waals surface area (Å²) >= 11 is 0. The van der Waals surface area contributed by atoms with Crippen molar-refractivity contribution in [1.29, 1.82) is 0 Å². The number of benzene rings is 1. The number of fused-ring (bicyclic) bond motifs is 1. The number of hydrogen-bond donors (Lipinski definition) is 0. The van der Waals surface area contributed by atoms with Crippen molar-refractivity contribution >= 4 is 11.7 Å². The van der Waals surface area contributed by atoms with E-state index in [0.717, 1.165) is 31.5 Å². The van der Waals surface area contributed by atoms with Gasteiger partial charge in [0, 0.05) is 44.1 Å². The van der Waals surface area contributed by atoms with Gasteiger partial charge in [-0.15, -0.1) is 0 Å². The number of amides is 1. The van der Waals surface area contributed by atoms with E-state index < -0.39 is 0 Å². The van der Waals surface area contributed by atoms with Gasteiger partial charge in [0.2, 0.25) is 0 Å². The second kappa shape index (κ2) is 8.01. The highest BCUT2D eigenvalue weighted by molar-refractivity contribution is 5.98. The maximum Gasteiger partial charge on any atom is 0.255 e. The number of aromatic nitrogens is 1. The molecule has 0 N–H and O–H groups in total. The van der Waals surface area contributed by atoms with E-state index in [1.165, 1.54) is 24.0 Å². The molecule has 0 atom stereocenters. The Morgan fingerprint density at radius 3 is 2.44 bits per heavy atom. The van der Waals surface area contributed by atoms with E-state index in [1.807, 2.05) is 11.0 Å². The zero-order chi connectivity index (χ0) is 18.6. The normalized spacial score (nSPS) is 17.4. The first-order chi connectivity index (χ1) is 13.2. The van der Waals surface area contributed by atoms with E-state index in [9.17, 15) is 9.59 Å². The highest BCUT2D eigenvalue weighted by atomic mass is 16.2. The minimum Gasteiger partial charge on any atom is -0.336 e. The molecule has 5 nitrogen and oxygen atoms in total. The topological polar surface area (TPSA) is 53.5 Å².